The Morgan fingerprint density at radius 1 is 1.28 bits per heavy atom. The van der Waals surface area contributed by atoms with Gasteiger partial charge in [0.1, 0.15) is 5.75 Å². The number of rotatable bonds is 4. The van der Waals surface area contributed by atoms with Crippen LogP contribution in [0.2, 0.25) is 0 Å². The Bertz CT molecular complexity index is 1020. The number of urea groups is 1. The molecule has 2 N–H and O–H groups in total. The van der Waals surface area contributed by atoms with Crippen molar-refractivity contribution < 1.29 is 19.4 Å². The van der Waals surface area contributed by atoms with Crippen molar-refractivity contribution in [1.82, 2.24) is 19.7 Å². The second-order valence-corrected chi connectivity index (χ2v) is 9.05. The van der Waals surface area contributed by atoms with E-state index in [9.17, 15) is 14.7 Å². The van der Waals surface area contributed by atoms with Crippen LogP contribution in [-0.2, 0) is 17.3 Å². The lowest BCUT2D eigenvalue weighted by Gasteiger charge is -2.50. The van der Waals surface area contributed by atoms with Gasteiger partial charge in [-0.2, -0.15) is 0 Å². The standard InChI is InChI=1S/C24H34N4O4/c1-5-10-25-23(31)28-15-24(8-11-27(12-9-24)16(2)30)21-18-7-6-17(32-4)13-19(18)26(3)22(21)20(28)14-29/h6-7,13,20,29H,5,8-12,14-15H2,1-4H3,(H,25,31)/t20-/m0/s1. The van der Waals surface area contributed by atoms with Crippen molar-refractivity contribution in [3.63, 3.8) is 0 Å². The third kappa shape index (κ3) is 3.50. The number of likely N-dealkylation sites (tertiary alicyclic amines) is 1. The van der Waals surface area contributed by atoms with Gasteiger partial charge in [-0.15, -0.1) is 0 Å². The summed E-state index contributed by atoms with van der Waals surface area (Å²) in [5.74, 6) is 0.860. The number of amides is 3. The van der Waals surface area contributed by atoms with E-state index in [0.717, 1.165) is 41.6 Å². The van der Waals surface area contributed by atoms with Crippen LogP contribution in [0.1, 0.15) is 50.4 Å². The topological polar surface area (TPSA) is 87.0 Å². The summed E-state index contributed by atoms with van der Waals surface area (Å²) in [6, 6.07) is 5.50. The van der Waals surface area contributed by atoms with Crippen LogP contribution in [0.15, 0.2) is 18.2 Å². The average Bonchev–Trinajstić information content (AvgIpc) is 3.10. The first kappa shape index (κ1) is 22.5. The molecule has 1 spiro atoms. The van der Waals surface area contributed by atoms with Gasteiger partial charge in [0.2, 0.25) is 5.91 Å². The van der Waals surface area contributed by atoms with Crippen LogP contribution in [0.3, 0.4) is 0 Å². The zero-order valence-electron chi connectivity index (χ0n) is 19.5. The van der Waals surface area contributed by atoms with Crippen molar-refractivity contribution in [1.29, 1.82) is 0 Å². The quantitative estimate of drug-likeness (QED) is 0.762. The zero-order valence-corrected chi connectivity index (χ0v) is 19.5. The molecule has 1 saturated heterocycles. The van der Waals surface area contributed by atoms with E-state index in [1.807, 2.05) is 31.0 Å². The summed E-state index contributed by atoms with van der Waals surface area (Å²) in [6.07, 6.45) is 2.40. The van der Waals surface area contributed by atoms with Crippen molar-refractivity contribution in [3.8, 4) is 5.75 Å². The number of ether oxygens (including phenoxy) is 1. The van der Waals surface area contributed by atoms with Gasteiger partial charge >= 0.3 is 6.03 Å². The van der Waals surface area contributed by atoms with Crippen molar-refractivity contribution in [2.45, 2.75) is 44.6 Å². The van der Waals surface area contributed by atoms with E-state index in [-0.39, 0.29) is 24.0 Å². The monoisotopic (exact) mass is 442 g/mol. The molecule has 1 aromatic heterocycles. The highest BCUT2D eigenvalue weighted by Crippen LogP contribution is 2.50. The summed E-state index contributed by atoms with van der Waals surface area (Å²) < 4.78 is 7.57. The number of aromatic nitrogens is 1. The Morgan fingerprint density at radius 2 is 2.00 bits per heavy atom. The van der Waals surface area contributed by atoms with Gasteiger partial charge in [0.05, 0.1) is 25.3 Å². The number of aryl methyl sites for hydroxylation is 1. The van der Waals surface area contributed by atoms with Crippen LogP contribution >= 0.6 is 0 Å². The summed E-state index contributed by atoms with van der Waals surface area (Å²) in [4.78, 5) is 28.9. The number of nitrogens with zero attached hydrogens (tertiary/aromatic N) is 3. The second kappa shape index (κ2) is 8.65. The molecule has 2 aliphatic rings. The largest absolute Gasteiger partial charge is 0.497 e. The van der Waals surface area contributed by atoms with Crippen molar-refractivity contribution in [3.05, 3.63) is 29.5 Å². The van der Waals surface area contributed by atoms with Crippen LogP contribution < -0.4 is 10.1 Å². The Kier molecular flexibility index (Phi) is 6.07. The molecule has 8 nitrogen and oxygen atoms in total. The normalized spacial score (nSPS) is 19.8. The highest BCUT2D eigenvalue weighted by Gasteiger charge is 2.49. The molecular formula is C24H34N4O4. The Morgan fingerprint density at radius 3 is 2.59 bits per heavy atom. The minimum absolute atomic E-state index is 0.0873. The number of piperidine rings is 1. The van der Waals surface area contributed by atoms with Gasteiger partial charge < -0.3 is 29.5 Å². The van der Waals surface area contributed by atoms with Crippen LogP contribution in [0.4, 0.5) is 4.79 Å². The molecule has 4 rings (SSSR count). The smallest absolute Gasteiger partial charge is 0.318 e. The number of hydrogen-bond donors (Lipinski definition) is 2. The summed E-state index contributed by atoms with van der Waals surface area (Å²) in [5.41, 5.74) is 2.94. The minimum Gasteiger partial charge on any atom is -0.497 e. The summed E-state index contributed by atoms with van der Waals surface area (Å²) in [6.45, 7) is 5.93. The highest BCUT2D eigenvalue weighted by molar-refractivity contribution is 5.89. The molecule has 0 aliphatic carbocycles. The number of carbonyl (C=O) groups is 2. The SMILES string of the molecule is CCCNC(=O)N1CC2(CCN(C(C)=O)CC2)c2c(n(C)c3cc(OC)ccc23)[C@@H]1CO. The van der Waals surface area contributed by atoms with Crippen molar-refractivity contribution >= 4 is 22.8 Å². The van der Waals surface area contributed by atoms with Crippen LogP contribution in [-0.4, -0.2) is 71.3 Å². The first-order valence-electron chi connectivity index (χ1n) is 11.4. The fourth-order valence-corrected chi connectivity index (χ4v) is 5.56. The number of aliphatic hydroxyl groups is 1. The summed E-state index contributed by atoms with van der Waals surface area (Å²) >= 11 is 0. The van der Waals surface area contributed by atoms with Gasteiger partial charge in [-0.3, -0.25) is 4.79 Å². The number of nitrogens with one attached hydrogen (secondary N) is 1. The second-order valence-electron chi connectivity index (χ2n) is 9.05. The van der Waals surface area contributed by atoms with Crippen molar-refractivity contribution in [2.24, 2.45) is 7.05 Å². The number of aliphatic hydroxyl groups excluding tert-OH is 1. The van der Waals surface area contributed by atoms with Crippen LogP contribution in [0, 0.1) is 0 Å². The molecule has 3 heterocycles. The lowest BCUT2D eigenvalue weighted by atomic mass is 9.68. The Balaban J connectivity index is 1.88. The molecule has 0 bridgehead atoms. The van der Waals surface area contributed by atoms with E-state index in [2.05, 4.69) is 16.0 Å². The molecule has 3 amide bonds. The van der Waals surface area contributed by atoms with E-state index in [4.69, 9.17) is 4.74 Å². The Labute approximate surface area is 189 Å². The molecule has 2 aromatic rings. The molecular weight excluding hydrogens is 408 g/mol. The van der Waals surface area contributed by atoms with Gasteiger partial charge in [-0.25, -0.2) is 4.79 Å². The van der Waals surface area contributed by atoms with E-state index in [1.165, 1.54) is 5.56 Å². The maximum absolute atomic E-state index is 13.2. The molecule has 0 radical (unpaired) electrons. The number of methoxy groups -OCH3 is 1. The number of hydrogen-bond acceptors (Lipinski definition) is 4. The fourth-order valence-electron chi connectivity index (χ4n) is 5.56. The third-order valence-electron chi connectivity index (χ3n) is 7.27. The van der Waals surface area contributed by atoms with Gasteiger partial charge in [0.25, 0.3) is 0 Å². The molecule has 2 aliphatic heterocycles. The van der Waals surface area contributed by atoms with Crippen LogP contribution in [0.25, 0.3) is 10.9 Å². The predicted octanol–water partition coefficient (Wildman–Crippen LogP) is 2.54. The van der Waals surface area contributed by atoms with E-state index in [1.54, 1.807) is 18.9 Å². The number of fused-ring (bicyclic) bond motifs is 4. The lowest BCUT2D eigenvalue weighted by molar-refractivity contribution is -0.130. The molecule has 1 aromatic carbocycles. The van der Waals surface area contributed by atoms with E-state index < -0.39 is 6.04 Å². The number of benzene rings is 1. The summed E-state index contributed by atoms with van der Waals surface area (Å²) in [7, 11) is 3.65. The average molecular weight is 443 g/mol. The first-order chi connectivity index (χ1) is 15.4. The van der Waals surface area contributed by atoms with Gasteiger partial charge in [0.15, 0.2) is 0 Å². The Hall–Kier alpha value is -2.74. The minimum atomic E-state index is -0.429. The molecule has 32 heavy (non-hydrogen) atoms. The van der Waals surface area contributed by atoms with E-state index in [0.29, 0.717) is 26.2 Å². The zero-order chi connectivity index (χ0) is 23.0. The molecule has 1 atom stereocenters. The molecule has 0 saturated carbocycles. The molecule has 8 heteroatoms. The predicted molar refractivity (Wildman–Crippen MR) is 123 cm³/mol. The first-order valence-corrected chi connectivity index (χ1v) is 11.4. The van der Waals surface area contributed by atoms with Gasteiger partial charge in [-0.1, -0.05) is 6.92 Å². The van der Waals surface area contributed by atoms with Gasteiger partial charge in [-0.05, 0) is 37.0 Å². The summed E-state index contributed by atoms with van der Waals surface area (Å²) in [5, 5.41) is 14.6. The molecule has 0 unspecified atom stereocenters. The van der Waals surface area contributed by atoms with Crippen LogP contribution in [0.5, 0.6) is 5.75 Å². The van der Waals surface area contributed by atoms with E-state index >= 15 is 0 Å². The van der Waals surface area contributed by atoms with Gasteiger partial charge in [0, 0.05) is 62.7 Å². The molecule has 1 fully saturated rings. The maximum Gasteiger partial charge on any atom is 0.318 e. The lowest BCUT2D eigenvalue weighted by Crippen LogP contribution is -2.57. The third-order valence-corrected chi connectivity index (χ3v) is 7.27. The highest BCUT2D eigenvalue weighted by atomic mass is 16.5. The molecule has 174 valence electrons. The fraction of sp³-hybridized carbons (Fsp3) is 0.583. The number of carbonyl (C=O) groups excluding carboxylic acids is 2. The van der Waals surface area contributed by atoms with Crippen molar-refractivity contribution in [2.75, 3.05) is 39.9 Å². The maximum atomic E-state index is 13.2.